The number of aromatic nitrogens is 1. The zero-order valence-electron chi connectivity index (χ0n) is 27.1. The molecule has 1 unspecified atom stereocenters. The summed E-state index contributed by atoms with van der Waals surface area (Å²) in [4.78, 5) is 33.5. The highest BCUT2D eigenvalue weighted by Gasteiger charge is 2.29. The minimum atomic E-state index is -3.60. The molecule has 3 aromatic rings. The van der Waals surface area contributed by atoms with Gasteiger partial charge in [0.2, 0.25) is 10.0 Å². The molecule has 0 saturated carbocycles. The van der Waals surface area contributed by atoms with Crippen LogP contribution in [0, 0.1) is 0 Å². The summed E-state index contributed by atoms with van der Waals surface area (Å²) in [6.07, 6.45) is 0.772. The zero-order valence-corrected chi connectivity index (χ0v) is 27.9. The largest absolute Gasteiger partial charge is 0.492 e. The van der Waals surface area contributed by atoms with Gasteiger partial charge in [-0.3, -0.25) is 14.4 Å². The van der Waals surface area contributed by atoms with E-state index in [9.17, 15) is 18.0 Å². The molecule has 0 aliphatic carbocycles. The normalized spacial score (nSPS) is 15.6. The molecule has 2 amide bonds. The first-order valence-corrected chi connectivity index (χ1v) is 16.6. The third-order valence-corrected chi connectivity index (χ3v) is 8.19. The maximum Gasteiger partial charge on any atom is 0.410 e. The number of anilines is 2. The van der Waals surface area contributed by atoms with Crippen molar-refractivity contribution in [2.45, 2.75) is 65.5 Å². The molecule has 2 aromatic carbocycles. The van der Waals surface area contributed by atoms with Gasteiger partial charge >= 0.3 is 6.09 Å². The molecule has 0 spiro atoms. The second-order valence-electron chi connectivity index (χ2n) is 13.4. The van der Waals surface area contributed by atoms with E-state index in [-0.39, 0.29) is 34.9 Å². The Morgan fingerprint density at radius 3 is 2.18 bits per heavy atom. The Kier molecular flexibility index (Phi) is 9.27. The maximum atomic E-state index is 13.6. The van der Waals surface area contributed by atoms with Crippen molar-refractivity contribution in [2.75, 3.05) is 49.6 Å². The van der Waals surface area contributed by atoms with Gasteiger partial charge in [0.15, 0.2) is 5.75 Å². The van der Waals surface area contributed by atoms with Gasteiger partial charge in [-0.25, -0.2) is 13.2 Å². The lowest BCUT2D eigenvalue weighted by Crippen LogP contribution is -2.50. The number of fused-ring (bicyclic) bond motifs is 1. The standard InChI is InChI=1S/C32H45N5O6S/c1-20(36-13-15-37(16-14-36)30(39)43-32(5,6)7)23-12-10-11-21-17-26(33-27(21)23)29(38)34-24-18-22(31(2,3)4)19-25(28(24)42-8)35-44(9,40)41/h10-12,17-20,33,35H,13-16H2,1-9H3,(H,34,38). The van der Waals surface area contributed by atoms with Crippen LogP contribution in [-0.4, -0.2) is 80.3 Å². The predicted octanol–water partition coefficient (Wildman–Crippen LogP) is 5.71. The van der Waals surface area contributed by atoms with E-state index in [1.807, 2.05) is 59.7 Å². The van der Waals surface area contributed by atoms with E-state index >= 15 is 0 Å². The number of amides is 2. The molecule has 2 heterocycles. The number of aromatic amines is 1. The minimum Gasteiger partial charge on any atom is -0.492 e. The number of H-pyrrole nitrogens is 1. The highest BCUT2D eigenvalue weighted by Crippen LogP contribution is 2.39. The fraction of sp³-hybridized carbons (Fsp3) is 0.500. The molecule has 1 saturated heterocycles. The minimum absolute atomic E-state index is 0.0298. The van der Waals surface area contributed by atoms with Gasteiger partial charge in [-0.2, -0.15) is 0 Å². The van der Waals surface area contributed by atoms with Crippen molar-refractivity contribution in [3.63, 3.8) is 0 Å². The van der Waals surface area contributed by atoms with Crippen molar-refractivity contribution in [3.05, 3.63) is 53.2 Å². The Balaban J connectivity index is 1.58. The molecule has 1 aromatic heterocycles. The van der Waals surface area contributed by atoms with Gasteiger partial charge in [0.05, 0.1) is 30.3 Å². The van der Waals surface area contributed by atoms with Gasteiger partial charge in [-0.15, -0.1) is 0 Å². The Bertz CT molecular complexity index is 1640. The van der Waals surface area contributed by atoms with Crippen LogP contribution >= 0.6 is 0 Å². The van der Waals surface area contributed by atoms with Crippen molar-refractivity contribution >= 4 is 44.3 Å². The van der Waals surface area contributed by atoms with E-state index < -0.39 is 15.6 Å². The van der Waals surface area contributed by atoms with E-state index in [2.05, 4.69) is 26.8 Å². The Hall–Kier alpha value is -3.77. The van der Waals surface area contributed by atoms with Crippen LogP contribution in [0.3, 0.4) is 0 Å². The molecule has 3 N–H and O–H groups in total. The van der Waals surface area contributed by atoms with Crippen LogP contribution < -0.4 is 14.8 Å². The Morgan fingerprint density at radius 2 is 1.61 bits per heavy atom. The molecule has 44 heavy (non-hydrogen) atoms. The number of methoxy groups -OCH3 is 1. The molecule has 0 bridgehead atoms. The van der Waals surface area contributed by atoms with Gasteiger partial charge < -0.3 is 24.7 Å². The van der Waals surface area contributed by atoms with Gasteiger partial charge in [0.25, 0.3) is 5.91 Å². The van der Waals surface area contributed by atoms with Crippen molar-refractivity contribution in [1.82, 2.24) is 14.8 Å². The van der Waals surface area contributed by atoms with Gasteiger partial charge in [-0.1, -0.05) is 39.0 Å². The van der Waals surface area contributed by atoms with E-state index in [4.69, 9.17) is 9.47 Å². The van der Waals surface area contributed by atoms with Crippen molar-refractivity contribution in [1.29, 1.82) is 0 Å². The fourth-order valence-electron chi connectivity index (χ4n) is 5.30. The summed E-state index contributed by atoms with van der Waals surface area (Å²) in [5, 5.41) is 3.82. The SMILES string of the molecule is COc1c(NC(=O)c2cc3cccc(C(C)N4CCN(C(=O)OC(C)(C)C)CC4)c3[nH]2)cc(C(C)(C)C)cc1NS(C)(=O)=O. The predicted molar refractivity (Wildman–Crippen MR) is 174 cm³/mol. The van der Waals surface area contributed by atoms with Gasteiger partial charge in [-0.05, 0) is 62.4 Å². The highest BCUT2D eigenvalue weighted by atomic mass is 32.2. The number of ether oxygens (including phenoxy) is 2. The van der Waals surface area contributed by atoms with E-state index in [0.29, 0.717) is 37.6 Å². The molecule has 4 rings (SSSR count). The Morgan fingerprint density at radius 1 is 0.977 bits per heavy atom. The Labute approximate surface area is 260 Å². The van der Waals surface area contributed by atoms with Crippen LogP contribution in [0.15, 0.2) is 36.4 Å². The van der Waals surface area contributed by atoms with E-state index in [1.165, 1.54) is 7.11 Å². The summed E-state index contributed by atoms with van der Waals surface area (Å²) in [5.74, 6) is -0.173. The lowest BCUT2D eigenvalue weighted by Gasteiger charge is -2.38. The zero-order chi connectivity index (χ0) is 32.6. The monoisotopic (exact) mass is 627 g/mol. The molecule has 1 atom stereocenters. The summed E-state index contributed by atoms with van der Waals surface area (Å²) < 4.78 is 37.8. The summed E-state index contributed by atoms with van der Waals surface area (Å²) in [6, 6.07) is 11.3. The lowest BCUT2D eigenvalue weighted by atomic mass is 9.86. The molecular weight excluding hydrogens is 582 g/mol. The summed E-state index contributed by atoms with van der Waals surface area (Å²) >= 11 is 0. The molecule has 1 fully saturated rings. The first kappa shape index (κ1) is 33.1. The maximum absolute atomic E-state index is 13.6. The van der Waals surface area contributed by atoms with Crippen molar-refractivity contribution < 1.29 is 27.5 Å². The number of nitrogens with one attached hydrogen (secondary N) is 3. The topological polar surface area (TPSA) is 133 Å². The first-order valence-electron chi connectivity index (χ1n) is 14.7. The molecule has 11 nitrogen and oxygen atoms in total. The van der Waals surface area contributed by atoms with Crippen LogP contribution in [-0.2, 0) is 20.2 Å². The van der Waals surface area contributed by atoms with Gasteiger partial charge in [0.1, 0.15) is 11.3 Å². The third-order valence-electron chi connectivity index (χ3n) is 7.60. The van der Waals surface area contributed by atoms with Crippen LogP contribution in [0.5, 0.6) is 5.75 Å². The lowest BCUT2D eigenvalue weighted by molar-refractivity contribution is 0.0111. The summed E-state index contributed by atoms with van der Waals surface area (Å²) in [5.41, 5.74) is 2.81. The number of nitrogens with zero attached hydrogens (tertiary/aromatic N) is 2. The van der Waals surface area contributed by atoms with E-state index in [1.54, 1.807) is 23.1 Å². The number of rotatable bonds is 7. The number of para-hydroxylation sites is 1. The highest BCUT2D eigenvalue weighted by molar-refractivity contribution is 7.92. The summed E-state index contributed by atoms with van der Waals surface area (Å²) in [7, 11) is -2.17. The number of hydrogen-bond donors (Lipinski definition) is 3. The number of hydrogen-bond acceptors (Lipinski definition) is 7. The molecule has 0 radical (unpaired) electrons. The van der Waals surface area contributed by atoms with Crippen LogP contribution in [0.25, 0.3) is 10.9 Å². The second-order valence-corrected chi connectivity index (χ2v) is 15.1. The average Bonchev–Trinajstić information content (AvgIpc) is 3.35. The number of piperazine rings is 1. The van der Waals surface area contributed by atoms with Crippen LogP contribution in [0.4, 0.5) is 16.2 Å². The molecule has 12 heteroatoms. The molecule has 240 valence electrons. The first-order chi connectivity index (χ1) is 20.4. The number of sulfonamides is 1. The quantitative estimate of drug-likeness (QED) is 0.306. The van der Waals surface area contributed by atoms with Crippen LogP contribution in [0.1, 0.15) is 76.1 Å². The van der Waals surface area contributed by atoms with Crippen LogP contribution in [0.2, 0.25) is 0 Å². The molecule has 1 aliphatic rings. The second kappa shape index (κ2) is 12.3. The smallest absolute Gasteiger partial charge is 0.410 e. The molecular formula is C32H45N5O6S. The molecule has 1 aliphatic heterocycles. The number of carbonyl (C=O) groups is 2. The number of carbonyl (C=O) groups excluding carboxylic acids is 2. The third kappa shape index (κ3) is 7.84. The fourth-order valence-corrected chi connectivity index (χ4v) is 5.86. The summed E-state index contributed by atoms with van der Waals surface area (Å²) in [6.45, 7) is 16.2. The van der Waals surface area contributed by atoms with Crippen molar-refractivity contribution in [3.8, 4) is 5.75 Å². The van der Waals surface area contributed by atoms with Crippen molar-refractivity contribution in [2.24, 2.45) is 0 Å². The number of benzene rings is 2. The average molecular weight is 628 g/mol. The van der Waals surface area contributed by atoms with E-state index in [0.717, 1.165) is 28.3 Å². The van der Waals surface area contributed by atoms with Gasteiger partial charge in [0, 0.05) is 37.6 Å².